The van der Waals surface area contributed by atoms with Gasteiger partial charge >= 0.3 is 0 Å². The molecule has 0 aliphatic carbocycles. The first kappa shape index (κ1) is 25.7. The molecule has 1 heterocycles. The van der Waals surface area contributed by atoms with Crippen molar-refractivity contribution in [2.75, 3.05) is 40.4 Å². The summed E-state index contributed by atoms with van der Waals surface area (Å²) in [7, 11) is 2.98. The number of likely N-dealkylation sites (N-methyl/N-ethyl adjacent to an activating group) is 1. The van der Waals surface area contributed by atoms with Crippen LogP contribution in [0.3, 0.4) is 0 Å². The number of carbonyl (C=O) groups is 2. The van der Waals surface area contributed by atoms with Crippen LogP contribution in [-0.2, 0) is 9.59 Å². The van der Waals surface area contributed by atoms with Crippen molar-refractivity contribution in [3.05, 3.63) is 69.3 Å². The maximum Gasteiger partial charge on any atom is 0.295 e. The van der Waals surface area contributed by atoms with Crippen molar-refractivity contribution in [2.24, 2.45) is 0 Å². The van der Waals surface area contributed by atoms with E-state index < -0.39 is 28.4 Å². The number of non-ortho nitro benzene ring substituents is 1. The molecule has 2 aromatic rings. The number of Topliss-reactive ketones (excluding diaryl/α,β-unsaturated/α-hetero) is 1. The summed E-state index contributed by atoms with van der Waals surface area (Å²) in [6, 6.07) is 9.35. The summed E-state index contributed by atoms with van der Waals surface area (Å²) in [6.07, 6.45) is 0. The first-order valence-corrected chi connectivity index (χ1v) is 11.2. The van der Waals surface area contributed by atoms with Crippen molar-refractivity contribution in [2.45, 2.75) is 19.9 Å². The summed E-state index contributed by atoms with van der Waals surface area (Å²) in [5.41, 5.74) is 0.515. The number of nitrogens with zero attached hydrogens (tertiary/aromatic N) is 3. The maximum absolute atomic E-state index is 13.2. The predicted octanol–water partition coefficient (Wildman–Crippen LogP) is 3.38. The highest BCUT2D eigenvalue weighted by molar-refractivity contribution is 6.46. The third-order valence-electron chi connectivity index (χ3n) is 6.17. The summed E-state index contributed by atoms with van der Waals surface area (Å²) in [4.78, 5) is 40.3. The van der Waals surface area contributed by atoms with Gasteiger partial charge in [0.25, 0.3) is 17.4 Å². The number of aliphatic hydroxyl groups is 1. The van der Waals surface area contributed by atoms with Crippen LogP contribution in [0, 0.1) is 10.1 Å². The van der Waals surface area contributed by atoms with Crippen LogP contribution in [0.4, 0.5) is 5.69 Å². The average molecular weight is 484 g/mol. The van der Waals surface area contributed by atoms with Gasteiger partial charge < -0.3 is 24.4 Å². The van der Waals surface area contributed by atoms with Crippen LogP contribution in [0.15, 0.2) is 48.0 Å². The van der Waals surface area contributed by atoms with Crippen molar-refractivity contribution in [1.82, 2.24) is 9.80 Å². The van der Waals surface area contributed by atoms with Crippen LogP contribution in [0.5, 0.6) is 11.5 Å². The number of likely N-dealkylation sites (tertiary alicyclic amines) is 1. The van der Waals surface area contributed by atoms with Gasteiger partial charge in [0.2, 0.25) is 0 Å². The topological polar surface area (TPSA) is 122 Å². The fraction of sp³-hybridized carbons (Fsp3) is 0.360. The Morgan fingerprint density at radius 2 is 1.69 bits per heavy atom. The zero-order valence-corrected chi connectivity index (χ0v) is 20.2. The summed E-state index contributed by atoms with van der Waals surface area (Å²) in [5, 5.41) is 22.1. The second-order valence-corrected chi connectivity index (χ2v) is 7.94. The summed E-state index contributed by atoms with van der Waals surface area (Å²) in [6.45, 7) is 6.40. The number of amides is 1. The number of hydrogen-bond donors (Lipinski definition) is 1. The minimum atomic E-state index is -0.874. The molecule has 0 bridgehead atoms. The van der Waals surface area contributed by atoms with Crippen molar-refractivity contribution in [1.29, 1.82) is 0 Å². The normalized spacial score (nSPS) is 17.2. The lowest BCUT2D eigenvalue weighted by Crippen LogP contribution is -2.38. The first-order chi connectivity index (χ1) is 16.8. The van der Waals surface area contributed by atoms with Gasteiger partial charge in [0.1, 0.15) is 5.76 Å². The Balaban J connectivity index is 2.14. The number of ketones is 1. The molecule has 2 aromatic carbocycles. The van der Waals surface area contributed by atoms with Crippen LogP contribution in [0.2, 0.25) is 0 Å². The van der Waals surface area contributed by atoms with E-state index >= 15 is 0 Å². The summed E-state index contributed by atoms with van der Waals surface area (Å²) < 4.78 is 10.7. The number of nitro groups is 1. The number of hydrogen-bond acceptors (Lipinski definition) is 8. The van der Waals surface area contributed by atoms with Crippen LogP contribution >= 0.6 is 0 Å². The molecule has 10 heteroatoms. The molecule has 1 fully saturated rings. The molecule has 1 N–H and O–H groups in total. The van der Waals surface area contributed by atoms with Gasteiger partial charge in [-0.15, -0.1) is 0 Å². The largest absolute Gasteiger partial charge is 0.507 e. The molecule has 0 radical (unpaired) electrons. The van der Waals surface area contributed by atoms with E-state index in [1.54, 1.807) is 18.2 Å². The first-order valence-electron chi connectivity index (χ1n) is 11.2. The van der Waals surface area contributed by atoms with Gasteiger partial charge in [0, 0.05) is 30.8 Å². The number of nitro benzene ring substituents is 1. The van der Waals surface area contributed by atoms with Crippen molar-refractivity contribution < 1.29 is 29.1 Å². The molecular weight excluding hydrogens is 454 g/mol. The Morgan fingerprint density at radius 1 is 1.06 bits per heavy atom. The minimum Gasteiger partial charge on any atom is -0.507 e. The molecule has 0 saturated carbocycles. The standard InChI is InChI=1S/C25H29N3O7/c1-5-26(6-2)13-14-27-22(17-9-12-19(34-3)20(15-17)35-4)21(24(30)25(27)31)23(29)16-7-10-18(11-8-16)28(32)33/h7-12,15,22,29H,5-6,13-14H2,1-4H3/b23-21+/t22-/m0/s1. The fourth-order valence-corrected chi connectivity index (χ4v) is 4.17. The summed E-state index contributed by atoms with van der Waals surface area (Å²) in [5.74, 6) is -1.05. The lowest BCUT2D eigenvalue weighted by atomic mass is 9.95. The zero-order chi connectivity index (χ0) is 25.7. The zero-order valence-electron chi connectivity index (χ0n) is 20.2. The van der Waals surface area contributed by atoms with Gasteiger partial charge in [-0.2, -0.15) is 0 Å². The van der Waals surface area contributed by atoms with E-state index in [0.717, 1.165) is 13.1 Å². The molecule has 186 valence electrons. The Morgan fingerprint density at radius 3 is 2.23 bits per heavy atom. The fourth-order valence-electron chi connectivity index (χ4n) is 4.17. The second-order valence-electron chi connectivity index (χ2n) is 7.94. The third-order valence-corrected chi connectivity index (χ3v) is 6.17. The molecule has 1 atom stereocenters. The highest BCUT2D eigenvalue weighted by Gasteiger charge is 2.46. The van der Waals surface area contributed by atoms with E-state index in [9.17, 15) is 24.8 Å². The Bertz CT molecular complexity index is 1140. The van der Waals surface area contributed by atoms with E-state index in [4.69, 9.17) is 9.47 Å². The van der Waals surface area contributed by atoms with Gasteiger partial charge in [-0.25, -0.2) is 0 Å². The molecule has 35 heavy (non-hydrogen) atoms. The maximum atomic E-state index is 13.2. The molecule has 1 aliphatic heterocycles. The monoisotopic (exact) mass is 483 g/mol. The van der Waals surface area contributed by atoms with E-state index in [1.807, 2.05) is 13.8 Å². The van der Waals surface area contributed by atoms with E-state index in [1.165, 1.54) is 43.4 Å². The number of methoxy groups -OCH3 is 2. The van der Waals surface area contributed by atoms with Gasteiger partial charge in [-0.3, -0.25) is 19.7 Å². The number of rotatable bonds is 10. The molecule has 1 saturated heterocycles. The number of aliphatic hydroxyl groups excluding tert-OH is 1. The molecule has 0 unspecified atom stereocenters. The van der Waals surface area contributed by atoms with Gasteiger partial charge in [-0.1, -0.05) is 19.9 Å². The minimum absolute atomic E-state index is 0.0874. The van der Waals surface area contributed by atoms with Crippen LogP contribution in [0.25, 0.3) is 5.76 Å². The van der Waals surface area contributed by atoms with Crippen molar-refractivity contribution >= 4 is 23.1 Å². The van der Waals surface area contributed by atoms with Crippen LogP contribution in [-0.4, -0.2) is 71.9 Å². The van der Waals surface area contributed by atoms with Crippen LogP contribution < -0.4 is 9.47 Å². The van der Waals surface area contributed by atoms with Gasteiger partial charge in [0.05, 0.1) is 30.8 Å². The van der Waals surface area contributed by atoms with E-state index in [-0.39, 0.29) is 23.4 Å². The molecule has 10 nitrogen and oxygen atoms in total. The van der Waals surface area contributed by atoms with Crippen molar-refractivity contribution in [3.63, 3.8) is 0 Å². The SMILES string of the molecule is CCN(CC)CCN1C(=O)C(=O)/C(=C(/O)c2ccc([N+](=O)[O-])cc2)[C@@H]1c1ccc(OC)c(OC)c1. The Hall–Kier alpha value is -3.92. The molecule has 0 aromatic heterocycles. The molecule has 0 spiro atoms. The third kappa shape index (κ3) is 5.12. The van der Waals surface area contributed by atoms with Crippen molar-refractivity contribution in [3.8, 4) is 11.5 Å². The Kier molecular flexibility index (Phi) is 8.08. The number of benzene rings is 2. The lowest BCUT2D eigenvalue weighted by Gasteiger charge is -2.28. The van der Waals surface area contributed by atoms with E-state index in [2.05, 4.69) is 4.90 Å². The number of ether oxygens (including phenoxy) is 2. The number of carbonyl (C=O) groups excluding carboxylic acids is 2. The highest BCUT2D eigenvalue weighted by atomic mass is 16.6. The van der Waals surface area contributed by atoms with Gasteiger partial charge in [-0.05, 0) is 42.9 Å². The highest BCUT2D eigenvalue weighted by Crippen LogP contribution is 2.42. The Labute approximate surface area is 203 Å². The average Bonchev–Trinajstić information content (AvgIpc) is 3.13. The lowest BCUT2D eigenvalue weighted by molar-refractivity contribution is -0.384. The predicted molar refractivity (Wildman–Crippen MR) is 129 cm³/mol. The second kappa shape index (κ2) is 11.0. The molecule has 1 amide bonds. The van der Waals surface area contributed by atoms with E-state index in [0.29, 0.717) is 23.6 Å². The molecule has 1 aliphatic rings. The summed E-state index contributed by atoms with van der Waals surface area (Å²) >= 11 is 0. The van der Waals surface area contributed by atoms with Gasteiger partial charge in [0.15, 0.2) is 11.5 Å². The smallest absolute Gasteiger partial charge is 0.295 e. The quantitative estimate of drug-likeness (QED) is 0.179. The molecular formula is C25H29N3O7. The molecule has 3 rings (SSSR count). The van der Waals surface area contributed by atoms with Crippen LogP contribution in [0.1, 0.15) is 31.0 Å².